The Kier molecular flexibility index (Phi) is 6.97. The number of halogens is 4. The second-order valence-electron chi connectivity index (χ2n) is 8.18. The fourth-order valence-electron chi connectivity index (χ4n) is 3.99. The largest absolute Gasteiger partial charge is 0.415 e. The minimum Gasteiger partial charge on any atom is -0.415 e. The Hall–Kier alpha value is -3.27. The molecule has 1 aromatic heterocycles. The first-order valence-electron chi connectivity index (χ1n) is 11.0. The highest BCUT2D eigenvalue weighted by molar-refractivity contribution is 5.99. The predicted molar refractivity (Wildman–Crippen MR) is 117 cm³/mol. The number of para-hydroxylation sites is 1. The fourth-order valence-corrected chi connectivity index (χ4v) is 3.99. The standard InChI is InChI=1S/C24H24F4N4O2/c1-2-31-12-10-24(28,11-13-31)23(33)32(18-6-4-3-5-7-18)15-17-9-8-16(14-19(17)25)21-29-30-22(34-21)20(26)27/h3-9,14,20H,2,10-13,15H2,1H3. The van der Waals surface area contributed by atoms with Crippen molar-refractivity contribution < 1.29 is 26.8 Å². The third kappa shape index (κ3) is 4.96. The van der Waals surface area contributed by atoms with E-state index in [9.17, 15) is 18.0 Å². The lowest BCUT2D eigenvalue weighted by atomic mass is 9.91. The third-order valence-electron chi connectivity index (χ3n) is 6.05. The van der Waals surface area contributed by atoms with Crippen molar-refractivity contribution in [2.75, 3.05) is 24.5 Å². The van der Waals surface area contributed by atoms with Gasteiger partial charge in [0.05, 0.1) is 6.54 Å². The van der Waals surface area contributed by atoms with Crippen molar-refractivity contribution in [3.05, 3.63) is 65.8 Å². The molecule has 2 heterocycles. The monoisotopic (exact) mass is 476 g/mol. The quantitative estimate of drug-likeness (QED) is 0.441. The van der Waals surface area contributed by atoms with Crippen LogP contribution >= 0.6 is 0 Å². The minimum atomic E-state index is -2.94. The molecule has 1 saturated heterocycles. The summed E-state index contributed by atoms with van der Waals surface area (Å²) in [6.45, 7) is 3.50. The van der Waals surface area contributed by atoms with Gasteiger partial charge in [-0.1, -0.05) is 31.2 Å². The molecule has 34 heavy (non-hydrogen) atoms. The van der Waals surface area contributed by atoms with Gasteiger partial charge in [0.1, 0.15) is 5.82 Å². The van der Waals surface area contributed by atoms with Crippen LogP contribution < -0.4 is 4.90 Å². The first-order chi connectivity index (χ1) is 16.3. The summed E-state index contributed by atoms with van der Waals surface area (Å²) in [6, 6.07) is 12.4. The van der Waals surface area contributed by atoms with E-state index < -0.39 is 29.7 Å². The average Bonchev–Trinajstić information content (AvgIpc) is 3.35. The SMILES string of the molecule is CCN1CCC(F)(C(=O)N(Cc2ccc(-c3nnc(C(F)F)o3)cc2F)c2ccccc2)CC1. The average molecular weight is 476 g/mol. The number of benzene rings is 2. The van der Waals surface area contributed by atoms with Crippen molar-refractivity contribution in [1.82, 2.24) is 15.1 Å². The molecule has 0 N–H and O–H groups in total. The minimum absolute atomic E-state index is 0.0636. The van der Waals surface area contributed by atoms with Crippen LogP contribution in [0.1, 0.15) is 37.6 Å². The first-order valence-corrected chi connectivity index (χ1v) is 11.0. The van der Waals surface area contributed by atoms with E-state index in [0.29, 0.717) is 18.8 Å². The number of anilines is 1. The number of carbonyl (C=O) groups excluding carboxylic acids is 1. The Morgan fingerprint density at radius 1 is 1.15 bits per heavy atom. The van der Waals surface area contributed by atoms with E-state index in [1.165, 1.54) is 17.0 Å². The molecule has 0 bridgehead atoms. The summed E-state index contributed by atoms with van der Waals surface area (Å²) in [5, 5.41) is 6.76. The van der Waals surface area contributed by atoms with Crippen LogP contribution in [0.3, 0.4) is 0 Å². The van der Waals surface area contributed by atoms with E-state index in [1.54, 1.807) is 30.3 Å². The van der Waals surface area contributed by atoms with Crippen LogP contribution in [0.2, 0.25) is 0 Å². The van der Waals surface area contributed by atoms with Gasteiger partial charge in [-0.2, -0.15) is 8.78 Å². The summed E-state index contributed by atoms with van der Waals surface area (Å²) in [7, 11) is 0. The van der Waals surface area contributed by atoms with E-state index in [2.05, 4.69) is 15.1 Å². The normalized spacial score (nSPS) is 16.1. The highest BCUT2D eigenvalue weighted by Crippen LogP contribution is 2.32. The van der Waals surface area contributed by atoms with Gasteiger partial charge < -0.3 is 14.2 Å². The van der Waals surface area contributed by atoms with Gasteiger partial charge in [-0.25, -0.2) is 8.78 Å². The van der Waals surface area contributed by atoms with Gasteiger partial charge in [-0.3, -0.25) is 4.79 Å². The van der Waals surface area contributed by atoms with Crippen LogP contribution in [-0.4, -0.2) is 46.3 Å². The van der Waals surface area contributed by atoms with E-state index in [1.807, 2.05) is 6.92 Å². The van der Waals surface area contributed by atoms with Crippen molar-refractivity contribution in [2.45, 2.75) is 38.4 Å². The van der Waals surface area contributed by atoms with Crippen molar-refractivity contribution in [3.63, 3.8) is 0 Å². The molecule has 180 valence electrons. The number of rotatable bonds is 7. The third-order valence-corrected chi connectivity index (χ3v) is 6.05. The van der Waals surface area contributed by atoms with Crippen LogP contribution in [0, 0.1) is 5.82 Å². The smallest absolute Gasteiger partial charge is 0.314 e. The van der Waals surface area contributed by atoms with Crippen molar-refractivity contribution >= 4 is 11.6 Å². The highest BCUT2D eigenvalue weighted by atomic mass is 19.3. The molecular weight excluding hydrogens is 452 g/mol. The van der Waals surface area contributed by atoms with Gasteiger partial charge >= 0.3 is 6.43 Å². The Morgan fingerprint density at radius 3 is 2.44 bits per heavy atom. The topological polar surface area (TPSA) is 62.5 Å². The zero-order valence-electron chi connectivity index (χ0n) is 18.6. The van der Waals surface area contributed by atoms with Gasteiger partial charge in [0, 0.05) is 42.7 Å². The van der Waals surface area contributed by atoms with Gasteiger partial charge in [-0.05, 0) is 30.8 Å². The molecular formula is C24H24F4N4O2. The number of nitrogens with zero attached hydrogens (tertiary/aromatic N) is 4. The number of carbonyl (C=O) groups is 1. The Labute approximate surface area is 194 Å². The second kappa shape index (κ2) is 9.92. The lowest BCUT2D eigenvalue weighted by molar-refractivity contribution is -0.133. The van der Waals surface area contributed by atoms with Crippen LogP contribution in [0.5, 0.6) is 0 Å². The van der Waals surface area contributed by atoms with Gasteiger partial charge in [0.2, 0.25) is 5.89 Å². The summed E-state index contributed by atoms with van der Waals surface area (Å²) in [5.41, 5.74) is -1.35. The van der Waals surface area contributed by atoms with Crippen LogP contribution in [-0.2, 0) is 11.3 Å². The van der Waals surface area contributed by atoms with Crippen molar-refractivity contribution in [3.8, 4) is 11.5 Å². The molecule has 2 aromatic carbocycles. The summed E-state index contributed by atoms with van der Waals surface area (Å²) in [5.74, 6) is -2.53. The van der Waals surface area contributed by atoms with Crippen LogP contribution in [0.15, 0.2) is 52.9 Å². The van der Waals surface area contributed by atoms with Crippen LogP contribution in [0.4, 0.5) is 23.2 Å². The second-order valence-corrected chi connectivity index (χ2v) is 8.18. The molecule has 1 aliphatic heterocycles. The van der Waals surface area contributed by atoms with Crippen LogP contribution in [0.25, 0.3) is 11.5 Å². The zero-order valence-corrected chi connectivity index (χ0v) is 18.6. The first kappa shape index (κ1) is 23.9. The molecule has 0 atom stereocenters. The number of hydrogen-bond acceptors (Lipinski definition) is 5. The molecule has 1 amide bonds. The molecule has 0 spiro atoms. The molecule has 0 aliphatic carbocycles. The number of hydrogen-bond donors (Lipinski definition) is 0. The van der Waals surface area contributed by atoms with E-state index in [0.717, 1.165) is 12.6 Å². The number of likely N-dealkylation sites (tertiary alicyclic amines) is 1. The summed E-state index contributed by atoms with van der Waals surface area (Å²) in [6.07, 6.45) is -2.81. The zero-order chi connectivity index (χ0) is 24.3. The number of amides is 1. The Balaban J connectivity index is 1.60. The van der Waals surface area contributed by atoms with E-state index in [-0.39, 0.29) is 36.4 Å². The molecule has 0 unspecified atom stereocenters. The lowest BCUT2D eigenvalue weighted by Gasteiger charge is -2.38. The molecule has 0 saturated carbocycles. The summed E-state index contributed by atoms with van der Waals surface area (Å²) in [4.78, 5) is 16.7. The molecule has 1 aliphatic rings. The number of alkyl halides is 3. The summed E-state index contributed by atoms with van der Waals surface area (Å²) < 4.78 is 61.0. The highest BCUT2D eigenvalue weighted by Gasteiger charge is 2.44. The van der Waals surface area contributed by atoms with Crippen molar-refractivity contribution in [1.29, 1.82) is 0 Å². The Bertz CT molecular complexity index is 1130. The maximum atomic E-state index is 15.8. The van der Waals surface area contributed by atoms with Crippen molar-refractivity contribution in [2.24, 2.45) is 0 Å². The van der Waals surface area contributed by atoms with E-state index in [4.69, 9.17) is 4.42 Å². The van der Waals surface area contributed by atoms with Gasteiger partial charge in [-0.15, -0.1) is 10.2 Å². The lowest BCUT2D eigenvalue weighted by Crippen LogP contribution is -2.52. The predicted octanol–water partition coefficient (Wildman–Crippen LogP) is 5.17. The summed E-state index contributed by atoms with van der Waals surface area (Å²) >= 11 is 0. The Morgan fingerprint density at radius 2 is 1.85 bits per heavy atom. The van der Waals surface area contributed by atoms with E-state index >= 15 is 4.39 Å². The molecule has 1 fully saturated rings. The molecule has 3 aromatic rings. The molecule has 0 radical (unpaired) electrons. The maximum Gasteiger partial charge on any atom is 0.314 e. The van der Waals surface area contributed by atoms with Gasteiger partial charge in [0.25, 0.3) is 11.8 Å². The molecule has 4 rings (SSSR count). The fraction of sp³-hybridized carbons (Fsp3) is 0.375. The molecule has 10 heteroatoms. The molecule has 6 nitrogen and oxygen atoms in total. The van der Waals surface area contributed by atoms with Gasteiger partial charge in [0.15, 0.2) is 5.67 Å². The number of piperidine rings is 1. The number of aromatic nitrogens is 2. The maximum absolute atomic E-state index is 15.8.